The van der Waals surface area contributed by atoms with Gasteiger partial charge < -0.3 is 10.1 Å². The summed E-state index contributed by atoms with van der Waals surface area (Å²) >= 11 is 0. The normalized spacial score (nSPS) is 12.4. The van der Waals surface area contributed by atoms with Crippen molar-refractivity contribution in [2.24, 2.45) is 0 Å². The minimum absolute atomic E-state index is 0.124. The molecule has 1 rings (SSSR count). The standard InChI is InChI=1S/C12H23N3O/c1-10(2)15-7-6-11(14-15)8-13-9-12(3,4)16-5/h6-7,10,13H,8-9H2,1-5H3. The number of nitrogens with one attached hydrogen (secondary N) is 1. The van der Waals surface area contributed by atoms with Crippen molar-refractivity contribution in [3.8, 4) is 0 Å². The van der Waals surface area contributed by atoms with E-state index in [0.717, 1.165) is 18.8 Å². The van der Waals surface area contributed by atoms with Crippen LogP contribution in [0.15, 0.2) is 12.3 Å². The second kappa shape index (κ2) is 5.46. The Labute approximate surface area is 98.0 Å². The fourth-order valence-corrected chi connectivity index (χ4v) is 1.32. The zero-order valence-electron chi connectivity index (χ0n) is 10.9. The number of ether oxygens (including phenoxy) is 1. The first-order valence-electron chi connectivity index (χ1n) is 5.74. The zero-order chi connectivity index (χ0) is 12.2. The van der Waals surface area contributed by atoms with E-state index >= 15 is 0 Å². The molecule has 0 fully saturated rings. The Kier molecular flexibility index (Phi) is 4.50. The fraction of sp³-hybridized carbons (Fsp3) is 0.750. The van der Waals surface area contributed by atoms with Gasteiger partial charge in [-0.15, -0.1) is 0 Å². The molecule has 0 unspecified atom stereocenters. The lowest BCUT2D eigenvalue weighted by molar-refractivity contribution is 0.0230. The summed E-state index contributed by atoms with van der Waals surface area (Å²) in [6, 6.07) is 2.47. The van der Waals surface area contributed by atoms with Gasteiger partial charge in [0.2, 0.25) is 0 Å². The largest absolute Gasteiger partial charge is 0.377 e. The summed E-state index contributed by atoms with van der Waals surface area (Å²) in [5, 5.41) is 7.81. The Morgan fingerprint density at radius 3 is 2.69 bits per heavy atom. The van der Waals surface area contributed by atoms with Crippen molar-refractivity contribution >= 4 is 0 Å². The van der Waals surface area contributed by atoms with Gasteiger partial charge in [0.25, 0.3) is 0 Å². The number of rotatable bonds is 6. The molecule has 16 heavy (non-hydrogen) atoms. The lowest BCUT2D eigenvalue weighted by atomic mass is 10.1. The minimum atomic E-state index is -0.124. The van der Waals surface area contributed by atoms with Crippen LogP contribution in [0.4, 0.5) is 0 Å². The third kappa shape index (κ3) is 3.94. The lowest BCUT2D eigenvalue weighted by Gasteiger charge is -2.22. The topological polar surface area (TPSA) is 39.1 Å². The first kappa shape index (κ1) is 13.2. The van der Waals surface area contributed by atoms with E-state index in [1.54, 1.807) is 7.11 Å². The summed E-state index contributed by atoms with van der Waals surface area (Å²) in [6.07, 6.45) is 2.02. The van der Waals surface area contributed by atoms with E-state index < -0.39 is 0 Å². The second-order valence-corrected chi connectivity index (χ2v) is 4.95. The summed E-state index contributed by atoms with van der Waals surface area (Å²) in [4.78, 5) is 0. The number of aromatic nitrogens is 2. The highest BCUT2D eigenvalue weighted by atomic mass is 16.5. The van der Waals surface area contributed by atoms with Gasteiger partial charge in [-0.05, 0) is 33.8 Å². The molecule has 1 aromatic rings. The van der Waals surface area contributed by atoms with Gasteiger partial charge in [0.05, 0.1) is 11.3 Å². The molecule has 0 atom stereocenters. The van der Waals surface area contributed by atoms with Gasteiger partial charge >= 0.3 is 0 Å². The molecule has 0 aliphatic rings. The molecule has 0 aliphatic heterocycles. The molecule has 0 aliphatic carbocycles. The van der Waals surface area contributed by atoms with Crippen LogP contribution in [-0.2, 0) is 11.3 Å². The van der Waals surface area contributed by atoms with Crippen LogP contribution >= 0.6 is 0 Å². The van der Waals surface area contributed by atoms with Gasteiger partial charge in [-0.1, -0.05) is 0 Å². The average molecular weight is 225 g/mol. The molecule has 1 aromatic heterocycles. The predicted molar refractivity (Wildman–Crippen MR) is 65.4 cm³/mol. The van der Waals surface area contributed by atoms with Crippen molar-refractivity contribution in [3.63, 3.8) is 0 Å². The molecule has 0 aromatic carbocycles. The highest BCUT2D eigenvalue weighted by molar-refractivity contribution is 4.99. The smallest absolute Gasteiger partial charge is 0.0762 e. The summed E-state index contributed by atoms with van der Waals surface area (Å²) in [5.74, 6) is 0. The molecule has 92 valence electrons. The molecule has 0 amide bonds. The highest BCUT2D eigenvalue weighted by Gasteiger charge is 2.15. The second-order valence-electron chi connectivity index (χ2n) is 4.95. The van der Waals surface area contributed by atoms with Crippen LogP contribution < -0.4 is 5.32 Å². The minimum Gasteiger partial charge on any atom is -0.377 e. The van der Waals surface area contributed by atoms with Crippen LogP contribution in [-0.4, -0.2) is 29.0 Å². The number of methoxy groups -OCH3 is 1. The van der Waals surface area contributed by atoms with Crippen LogP contribution in [0.25, 0.3) is 0 Å². The molecular formula is C12H23N3O. The highest BCUT2D eigenvalue weighted by Crippen LogP contribution is 2.06. The van der Waals surface area contributed by atoms with Gasteiger partial charge in [0.1, 0.15) is 0 Å². The molecule has 4 heteroatoms. The summed E-state index contributed by atoms with van der Waals surface area (Å²) < 4.78 is 7.30. The van der Waals surface area contributed by atoms with Gasteiger partial charge in [0, 0.05) is 32.4 Å². The third-order valence-electron chi connectivity index (χ3n) is 2.60. The Morgan fingerprint density at radius 1 is 1.50 bits per heavy atom. The van der Waals surface area contributed by atoms with Crippen LogP contribution in [0, 0.1) is 0 Å². The van der Waals surface area contributed by atoms with E-state index in [4.69, 9.17) is 4.74 Å². The first-order chi connectivity index (χ1) is 7.44. The lowest BCUT2D eigenvalue weighted by Crippen LogP contribution is -2.36. The number of nitrogens with zero attached hydrogens (tertiary/aromatic N) is 2. The van der Waals surface area contributed by atoms with Crippen LogP contribution in [0.5, 0.6) is 0 Å². The molecule has 0 spiro atoms. The van der Waals surface area contributed by atoms with Crippen molar-refractivity contribution in [2.45, 2.75) is 45.9 Å². The van der Waals surface area contributed by atoms with Crippen LogP contribution in [0.2, 0.25) is 0 Å². The number of hydrogen-bond donors (Lipinski definition) is 1. The Hall–Kier alpha value is -0.870. The van der Waals surface area contributed by atoms with Crippen molar-refractivity contribution in [2.75, 3.05) is 13.7 Å². The van der Waals surface area contributed by atoms with Crippen LogP contribution in [0.1, 0.15) is 39.4 Å². The molecule has 0 saturated heterocycles. The molecular weight excluding hydrogens is 202 g/mol. The van der Waals surface area contributed by atoms with Crippen molar-refractivity contribution in [1.29, 1.82) is 0 Å². The molecule has 1 heterocycles. The SMILES string of the molecule is COC(C)(C)CNCc1ccn(C(C)C)n1. The molecule has 1 N–H and O–H groups in total. The number of hydrogen-bond acceptors (Lipinski definition) is 3. The van der Waals surface area contributed by atoms with Crippen molar-refractivity contribution < 1.29 is 4.74 Å². The Morgan fingerprint density at radius 2 is 2.19 bits per heavy atom. The van der Waals surface area contributed by atoms with E-state index in [2.05, 4.69) is 38.1 Å². The molecule has 4 nitrogen and oxygen atoms in total. The maximum atomic E-state index is 5.33. The molecule has 0 saturated carbocycles. The summed E-state index contributed by atoms with van der Waals surface area (Å²) in [7, 11) is 1.73. The van der Waals surface area contributed by atoms with Gasteiger partial charge in [-0.3, -0.25) is 4.68 Å². The van der Waals surface area contributed by atoms with E-state index in [-0.39, 0.29) is 5.60 Å². The Balaban J connectivity index is 2.37. The van der Waals surface area contributed by atoms with E-state index in [1.165, 1.54) is 0 Å². The predicted octanol–water partition coefficient (Wildman–Crippen LogP) is 1.98. The van der Waals surface area contributed by atoms with Gasteiger partial charge in [-0.2, -0.15) is 5.10 Å². The van der Waals surface area contributed by atoms with E-state index in [9.17, 15) is 0 Å². The van der Waals surface area contributed by atoms with Gasteiger partial charge in [-0.25, -0.2) is 0 Å². The molecule has 0 bridgehead atoms. The van der Waals surface area contributed by atoms with Crippen LogP contribution in [0.3, 0.4) is 0 Å². The third-order valence-corrected chi connectivity index (χ3v) is 2.60. The molecule has 0 radical (unpaired) electrons. The summed E-state index contributed by atoms with van der Waals surface area (Å²) in [6.45, 7) is 9.97. The maximum Gasteiger partial charge on any atom is 0.0762 e. The fourth-order valence-electron chi connectivity index (χ4n) is 1.32. The Bertz CT molecular complexity index is 318. The van der Waals surface area contributed by atoms with Crippen molar-refractivity contribution in [3.05, 3.63) is 18.0 Å². The van der Waals surface area contributed by atoms with Gasteiger partial charge in [0.15, 0.2) is 0 Å². The first-order valence-corrected chi connectivity index (χ1v) is 5.74. The van der Waals surface area contributed by atoms with E-state index in [1.807, 2.05) is 16.9 Å². The van der Waals surface area contributed by atoms with E-state index in [0.29, 0.717) is 6.04 Å². The van der Waals surface area contributed by atoms with Crippen molar-refractivity contribution in [1.82, 2.24) is 15.1 Å². The summed E-state index contributed by atoms with van der Waals surface area (Å²) in [5.41, 5.74) is 0.946. The monoisotopic (exact) mass is 225 g/mol. The quantitative estimate of drug-likeness (QED) is 0.804. The average Bonchev–Trinajstić information content (AvgIpc) is 2.66. The maximum absolute atomic E-state index is 5.33. The zero-order valence-corrected chi connectivity index (χ0v) is 10.9.